The van der Waals surface area contributed by atoms with Crippen LogP contribution in [-0.4, -0.2) is 107 Å². The molecule has 0 heterocycles. The molecule has 0 aliphatic rings. The third-order valence-corrected chi connectivity index (χ3v) is 9.15. The normalized spacial score (nSPS) is 20.2. The van der Waals surface area contributed by atoms with E-state index in [2.05, 4.69) is 34.6 Å². The van der Waals surface area contributed by atoms with Crippen molar-refractivity contribution in [1.29, 1.82) is 0 Å². The Kier molecular flexibility index (Phi) is 22.0. The lowest BCUT2D eigenvalue weighted by Gasteiger charge is -2.43. The first-order valence-corrected chi connectivity index (χ1v) is 17.0. The largest absolute Gasteiger partial charge is 0.394 e. The van der Waals surface area contributed by atoms with Gasteiger partial charge in [0, 0.05) is 31.8 Å². The fourth-order valence-electron chi connectivity index (χ4n) is 5.27. The van der Waals surface area contributed by atoms with E-state index in [1.807, 2.05) is 34.6 Å². The maximum atomic E-state index is 10.8. The Balaban J connectivity index is 5.94. The molecule has 8 unspecified atom stereocenters. The van der Waals surface area contributed by atoms with Gasteiger partial charge in [0.1, 0.15) is 0 Å². The van der Waals surface area contributed by atoms with E-state index in [9.17, 15) is 20.4 Å². The molecule has 0 aromatic heterocycles. The van der Waals surface area contributed by atoms with Gasteiger partial charge in [-0.05, 0) is 66.2 Å². The van der Waals surface area contributed by atoms with Crippen LogP contribution in [0.25, 0.3) is 0 Å². The summed E-state index contributed by atoms with van der Waals surface area (Å²) < 4.78 is 31.6. The third-order valence-electron chi connectivity index (χ3n) is 9.15. The molecule has 0 spiro atoms. The van der Waals surface area contributed by atoms with E-state index in [0.29, 0.717) is 58.3 Å². The highest BCUT2D eigenvalue weighted by molar-refractivity contribution is 4.88. The first-order valence-electron chi connectivity index (χ1n) is 17.0. The lowest BCUT2D eigenvalue weighted by Crippen LogP contribution is -2.49. The van der Waals surface area contributed by atoms with Gasteiger partial charge in [0.2, 0.25) is 0 Å². The standard InChI is InChI=1S/C34H70O9/c1-11-17-39-26(7)18-31(22-36)43-34(10,16-6)27(23-41-32(8,14-4)19-28(37)21-35)24-42-33(9,15-5)20-29(38)25-40-30(12-2)13-3/h26-31,35-38H,11-25H2,1-10H3. The molecule has 9 heteroatoms. The van der Waals surface area contributed by atoms with Crippen LogP contribution in [-0.2, 0) is 23.7 Å². The van der Waals surface area contributed by atoms with Crippen LogP contribution in [0.4, 0.5) is 0 Å². The second-order valence-electron chi connectivity index (χ2n) is 13.1. The summed E-state index contributed by atoms with van der Waals surface area (Å²) in [4.78, 5) is 0. The molecule has 0 amide bonds. The van der Waals surface area contributed by atoms with E-state index >= 15 is 0 Å². The lowest BCUT2D eigenvalue weighted by atomic mass is 9.86. The molecule has 0 aliphatic heterocycles. The van der Waals surface area contributed by atoms with E-state index in [1.54, 1.807) is 0 Å². The van der Waals surface area contributed by atoms with Gasteiger partial charge >= 0.3 is 0 Å². The molecular weight excluding hydrogens is 552 g/mol. The Hall–Kier alpha value is -0.360. The van der Waals surface area contributed by atoms with Crippen molar-refractivity contribution in [3.8, 4) is 0 Å². The predicted octanol–water partition coefficient (Wildman–Crippen LogP) is 5.42. The van der Waals surface area contributed by atoms with E-state index in [0.717, 1.165) is 19.3 Å². The van der Waals surface area contributed by atoms with Crippen molar-refractivity contribution >= 4 is 0 Å². The van der Waals surface area contributed by atoms with E-state index in [4.69, 9.17) is 23.7 Å². The molecule has 0 bridgehead atoms. The van der Waals surface area contributed by atoms with Crippen molar-refractivity contribution in [1.82, 2.24) is 0 Å². The van der Waals surface area contributed by atoms with Gasteiger partial charge in [0.25, 0.3) is 0 Å². The summed E-state index contributed by atoms with van der Waals surface area (Å²) in [5, 5.41) is 40.7. The Morgan fingerprint density at radius 1 is 0.651 bits per heavy atom. The first kappa shape index (κ1) is 42.6. The van der Waals surface area contributed by atoms with Gasteiger partial charge < -0.3 is 44.1 Å². The summed E-state index contributed by atoms with van der Waals surface area (Å²) in [6, 6.07) is 0. The predicted molar refractivity (Wildman–Crippen MR) is 172 cm³/mol. The van der Waals surface area contributed by atoms with Crippen LogP contribution in [0.1, 0.15) is 127 Å². The zero-order valence-electron chi connectivity index (χ0n) is 29.4. The summed E-state index contributed by atoms with van der Waals surface area (Å²) in [6.45, 7) is 21.5. The van der Waals surface area contributed by atoms with Crippen LogP contribution in [0.2, 0.25) is 0 Å². The van der Waals surface area contributed by atoms with Gasteiger partial charge in [-0.1, -0.05) is 41.5 Å². The van der Waals surface area contributed by atoms with Crippen LogP contribution in [0, 0.1) is 5.92 Å². The van der Waals surface area contributed by atoms with Gasteiger partial charge in [0.05, 0.1) is 80.4 Å². The van der Waals surface area contributed by atoms with Crippen molar-refractivity contribution in [2.24, 2.45) is 5.92 Å². The fourth-order valence-corrected chi connectivity index (χ4v) is 5.27. The van der Waals surface area contributed by atoms with Crippen molar-refractivity contribution in [3.05, 3.63) is 0 Å². The lowest BCUT2D eigenvalue weighted by molar-refractivity contribution is -0.193. The maximum absolute atomic E-state index is 10.8. The van der Waals surface area contributed by atoms with E-state index < -0.39 is 35.1 Å². The summed E-state index contributed by atoms with van der Waals surface area (Å²) in [7, 11) is 0. The molecule has 9 nitrogen and oxygen atoms in total. The number of ether oxygens (including phenoxy) is 5. The average molecular weight is 623 g/mol. The quantitative estimate of drug-likeness (QED) is 0.0904. The molecule has 260 valence electrons. The highest BCUT2D eigenvalue weighted by atomic mass is 16.5. The maximum Gasteiger partial charge on any atom is 0.0837 e. The number of aliphatic hydroxyl groups excluding tert-OH is 4. The van der Waals surface area contributed by atoms with E-state index in [1.165, 1.54) is 0 Å². The van der Waals surface area contributed by atoms with Gasteiger partial charge in [-0.15, -0.1) is 0 Å². The second kappa shape index (κ2) is 22.2. The first-order chi connectivity index (χ1) is 20.2. The molecule has 0 saturated heterocycles. The molecule has 0 fully saturated rings. The Bertz CT molecular complexity index is 678. The van der Waals surface area contributed by atoms with Crippen molar-refractivity contribution in [2.45, 2.75) is 174 Å². The third kappa shape index (κ3) is 16.7. The number of aliphatic hydroxyl groups is 4. The van der Waals surface area contributed by atoms with Gasteiger partial charge in [-0.3, -0.25) is 0 Å². The highest BCUT2D eigenvalue weighted by Gasteiger charge is 2.40. The van der Waals surface area contributed by atoms with Gasteiger partial charge in [-0.2, -0.15) is 0 Å². The Morgan fingerprint density at radius 3 is 1.60 bits per heavy atom. The smallest absolute Gasteiger partial charge is 0.0837 e. The van der Waals surface area contributed by atoms with Crippen molar-refractivity contribution in [2.75, 3.05) is 39.6 Å². The molecule has 0 aromatic carbocycles. The Morgan fingerprint density at radius 2 is 1.19 bits per heavy atom. The number of rotatable bonds is 28. The minimum Gasteiger partial charge on any atom is -0.394 e. The fraction of sp³-hybridized carbons (Fsp3) is 1.00. The second-order valence-corrected chi connectivity index (χ2v) is 13.1. The molecule has 4 N–H and O–H groups in total. The highest BCUT2D eigenvalue weighted by Crippen LogP contribution is 2.34. The van der Waals surface area contributed by atoms with E-state index in [-0.39, 0.29) is 37.9 Å². The molecule has 0 rings (SSSR count). The molecule has 8 atom stereocenters. The molecule has 0 aliphatic carbocycles. The van der Waals surface area contributed by atoms with Gasteiger partial charge in [-0.25, -0.2) is 0 Å². The number of hydrogen-bond acceptors (Lipinski definition) is 9. The van der Waals surface area contributed by atoms with Crippen LogP contribution in [0.3, 0.4) is 0 Å². The summed E-state index contributed by atoms with van der Waals surface area (Å²) in [5.74, 6) is -0.223. The topological polar surface area (TPSA) is 127 Å². The minimum absolute atomic E-state index is 0.0559. The van der Waals surface area contributed by atoms with Crippen molar-refractivity contribution in [3.63, 3.8) is 0 Å². The van der Waals surface area contributed by atoms with Crippen LogP contribution in [0.15, 0.2) is 0 Å². The summed E-state index contributed by atoms with van der Waals surface area (Å²) in [5.41, 5.74) is -1.94. The average Bonchev–Trinajstić information content (AvgIpc) is 2.99. The van der Waals surface area contributed by atoms with Crippen LogP contribution in [0.5, 0.6) is 0 Å². The molecule has 0 aromatic rings. The zero-order valence-corrected chi connectivity index (χ0v) is 29.4. The minimum atomic E-state index is -0.871. The summed E-state index contributed by atoms with van der Waals surface area (Å²) in [6.07, 6.45) is 4.19. The molecule has 43 heavy (non-hydrogen) atoms. The van der Waals surface area contributed by atoms with Crippen LogP contribution < -0.4 is 0 Å². The SMILES string of the molecule is CCCOC(C)CC(CO)OC(C)(CC)C(COC(C)(CC)CC(O)CO)COC(C)(CC)CC(O)COC(CC)CC. The van der Waals surface area contributed by atoms with Gasteiger partial charge in [0.15, 0.2) is 0 Å². The molecular formula is C34H70O9. The number of hydrogen-bond donors (Lipinski definition) is 4. The Labute approximate surface area is 264 Å². The monoisotopic (exact) mass is 623 g/mol. The van der Waals surface area contributed by atoms with Crippen LogP contribution >= 0.6 is 0 Å². The zero-order chi connectivity index (χ0) is 33.1. The molecule has 0 saturated carbocycles. The summed E-state index contributed by atoms with van der Waals surface area (Å²) >= 11 is 0. The van der Waals surface area contributed by atoms with Crippen molar-refractivity contribution < 1.29 is 44.1 Å². The molecule has 0 radical (unpaired) electrons.